The van der Waals surface area contributed by atoms with Gasteiger partial charge in [0.25, 0.3) is 5.91 Å². The Bertz CT molecular complexity index is 1100. The van der Waals surface area contributed by atoms with E-state index in [9.17, 15) is 9.18 Å². The third-order valence-electron chi connectivity index (χ3n) is 4.35. The SMILES string of the molecule is Cn1nc(-c2ccc(F)cc2)cc1C(=O)NCc1ccnc(-c2ccsc2)c1. The number of carbonyl (C=O) groups excluding carboxylic acids is 1. The van der Waals surface area contributed by atoms with Gasteiger partial charge in [0.15, 0.2) is 0 Å². The number of benzene rings is 1. The Hall–Kier alpha value is -3.32. The molecule has 3 aromatic heterocycles. The van der Waals surface area contributed by atoms with Crippen LogP contribution in [0.3, 0.4) is 0 Å². The summed E-state index contributed by atoms with van der Waals surface area (Å²) < 4.78 is 14.6. The first-order valence-electron chi connectivity index (χ1n) is 8.66. The summed E-state index contributed by atoms with van der Waals surface area (Å²) in [4.78, 5) is 17.0. The van der Waals surface area contributed by atoms with Gasteiger partial charge in [-0.1, -0.05) is 0 Å². The van der Waals surface area contributed by atoms with Gasteiger partial charge in [-0.05, 0) is 59.5 Å². The molecule has 0 aliphatic rings. The number of nitrogens with one attached hydrogen (secondary N) is 1. The predicted octanol–water partition coefficient (Wildman–Crippen LogP) is 4.28. The van der Waals surface area contributed by atoms with Crippen LogP contribution in [0.5, 0.6) is 0 Å². The average molecular weight is 392 g/mol. The van der Waals surface area contributed by atoms with Crippen LogP contribution in [0, 0.1) is 5.82 Å². The molecule has 4 rings (SSSR count). The third-order valence-corrected chi connectivity index (χ3v) is 5.03. The molecule has 0 radical (unpaired) electrons. The highest BCUT2D eigenvalue weighted by Crippen LogP contribution is 2.21. The van der Waals surface area contributed by atoms with Crippen LogP contribution in [0.1, 0.15) is 16.1 Å². The fourth-order valence-electron chi connectivity index (χ4n) is 2.87. The van der Waals surface area contributed by atoms with Crippen LogP contribution < -0.4 is 5.32 Å². The molecular formula is C21H17FN4OS. The van der Waals surface area contributed by atoms with Crippen LogP contribution in [0.2, 0.25) is 0 Å². The fraction of sp³-hybridized carbons (Fsp3) is 0.0952. The lowest BCUT2D eigenvalue weighted by Crippen LogP contribution is -2.25. The Morgan fingerprint density at radius 3 is 2.68 bits per heavy atom. The van der Waals surface area contributed by atoms with Crippen LogP contribution >= 0.6 is 11.3 Å². The molecule has 7 heteroatoms. The summed E-state index contributed by atoms with van der Waals surface area (Å²) in [7, 11) is 1.71. The van der Waals surface area contributed by atoms with Crippen molar-refractivity contribution in [3.63, 3.8) is 0 Å². The van der Waals surface area contributed by atoms with Gasteiger partial charge < -0.3 is 5.32 Å². The smallest absolute Gasteiger partial charge is 0.269 e. The second-order valence-corrected chi connectivity index (χ2v) is 7.07. The highest BCUT2D eigenvalue weighted by atomic mass is 32.1. The number of halogens is 1. The maximum Gasteiger partial charge on any atom is 0.269 e. The summed E-state index contributed by atoms with van der Waals surface area (Å²) in [6.07, 6.45) is 1.74. The first kappa shape index (κ1) is 18.1. The summed E-state index contributed by atoms with van der Waals surface area (Å²) >= 11 is 1.62. The molecule has 4 aromatic rings. The average Bonchev–Trinajstić information content (AvgIpc) is 3.37. The largest absolute Gasteiger partial charge is 0.347 e. The molecule has 0 aliphatic carbocycles. The minimum absolute atomic E-state index is 0.225. The summed E-state index contributed by atoms with van der Waals surface area (Å²) in [5, 5.41) is 11.3. The minimum Gasteiger partial charge on any atom is -0.347 e. The van der Waals surface area contributed by atoms with E-state index in [1.807, 2.05) is 29.0 Å². The topological polar surface area (TPSA) is 59.8 Å². The molecule has 0 unspecified atom stereocenters. The van der Waals surface area contributed by atoms with Crippen molar-refractivity contribution in [1.29, 1.82) is 0 Å². The number of hydrogen-bond acceptors (Lipinski definition) is 4. The third kappa shape index (κ3) is 3.84. The van der Waals surface area contributed by atoms with E-state index in [2.05, 4.69) is 15.4 Å². The van der Waals surface area contributed by atoms with E-state index in [0.29, 0.717) is 17.9 Å². The Balaban J connectivity index is 1.47. The van der Waals surface area contributed by atoms with Crippen molar-refractivity contribution in [2.45, 2.75) is 6.54 Å². The van der Waals surface area contributed by atoms with Crippen LogP contribution in [0.15, 0.2) is 65.5 Å². The molecular weight excluding hydrogens is 375 g/mol. The van der Waals surface area contributed by atoms with Crippen molar-refractivity contribution in [3.8, 4) is 22.5 Å². The Kier molecular flexibility index (Phi) is 4.99. The van der Waals surface area contributed by atoms with Gasteiger partial charge in [-0.2, -0.15) is 16.4 Å². The molecule has 0 fully saturated rings. The molecule has 140 valence electrons. The van der Waals surface area contributed by atoms with Gasteiger partial charge >= 0.3 is 0 Å². The number of hydrogen-bond donors (Lipinski definition) is 1. The molecule has 5 nitrogen and oxygen atoms in total. The molecule has 0 saturated heterocycles. The van der Waals surface area contributed by atoms with Crippen LogP contribution in [0.4, 0.5) is 4.39 Å². The Morgan fingerprint density at radius 1 is 1.11 bits per heavy atom. The number of thiophene rings is 1. The molecule has 1 N–H and O–H groups in total. The number of aromatic nitrogens is 3. The zero-order valence-corrected chi connectivity index (χ0v) is 15.9. The summed E-state index contributed by atoms with van der Waals surface area (Å²) in [5.41, 5.74) is 4.72. The lowest BCUT2D eigenvalue weighted by Gasteiger charge is -2.06. The molecule has 28 heavy (non-hydrogen) atoms. The van der Waals surface area contributed by atoms with Gasteiger partial charge in [0.1, 0.15) is 11.5 Å². The van der Waals surface area contributed by atoms with Crippen molar-refractivity contribution < 1.29 is 9.18 Å². The van der Waals surface area contributed by atoms with E-state index in [1.165, 1.54) is 16.8 Å². The van der Waals surface area contributed by atoms with Crippen molar-refractivity contribution in [2.24, 2.45) is 7.05 Å². The molecule has 0 bridgehead atoms. The Labute approximate surface area is 165 Å². The number of nitrogens with zero attached hydrogens (tertiary/aromatic N) is 3. The summed E-state index contributed by atoms with van der Waals surface area (Å²) in [6, 6.07) is 13.6. The number of amides is 1. The molecule has 1 amide bonds. The van der Waals surface area contributed by atoms with Gasteiger partial charge in [0, 0.05) is 36.3 Å². The number of carbonyl (C=O) groups is 1. The van der Waals surface area contributed by atoms with Crippen LogP contribution in [-0.2, 0) is 13.6 Å². The molecule has 0 saturated carbocycles. The van der Waals surface area contributed by atoms with Crippen LogP contribution in [0.25, 0.3) is 22.5 Å². The van der Waals surface area contributed by atoms with Gasteiger partial charge in [0.2, 0.25) is 0 Å². The first-order valence-corrected chi connectivity index (χ1v) is 9.60. The summed E-state index contributed by atoms with van der Waals surface area (Å²) in [6.45, 7) is 0.384. The minimum atomic E-state index is -0.309. The number of aryl methyl sites for hydroxylation is 1. The Morgan fingerprint density at radius 2 is 1.93 bits per heavy atom. The highest BCUT2D eigenvalue weighted by Gasteiger charge is 2.14. The molecule has 0 aliphatic heterocycles. The molecule has 0 spiro atoms. The van der Waals surface area contributed by atoms with Crippen LogP contribution in [-0.4, -0.2) is 20.7 Å². The fourth-order valence-corrected chi connectivity index (χ4v) is 3.52. The summed E-state index contributed by atoms with van der Waals surface area (Å²) in [5.74, 6) is -0.533. The van der Waals surface area contributed by atoms with Crippen molar-refractivity contribution >= 4 is 17.2 Å². The maximum atomic E-state index is 13.1. The van der Waals surface area contributed by atoms with E-state index >= 15 is 0 Å². The molecule has 3 heterocycles. The number of rotatable bonds is 5. The standard InChI is InChI=1S/C21H17FN4OS/c1-26-20(11-19(25-26)15-2-4-17(22)5-3-15)21(27)24-12-14-6-8-23-18(10-14)16-7-9-28-13-16/h2-11,13H,12H2,1H3,(H,24,27). The van der Waals surface area contributed by atoms with E-state index in [0.717, 1.165) is 22.4 Å². The van der Waals surface area contributed by atoms with Gasteiger partial charge in [-0.25, -0.2) is 4.39 Å². The highest BCUT2D eigenvalue weighted by molar-refractivity contribution is 7.08. The quantitative estimate of drug-likeness (QED) is 0.551. The van der Waals surface area contributed by atoms with Gasteiger partial charge in [-0.15, -0.1) is 0 Å². The zero-order chi connectivity index (χ0) is 19.5. The second-order valence-electron chi connectivity index (χ2n) is 6.29. The predicted molar refractivity (Wildman–Crippen MR) is 107 cm³/mol. The van der Waals surface area contributed by atoms with Crippen molar-refractivity contribution in [2.75, 3.05) is 0 Å². The number of pyridine rings is 1. The lowest BCUT2D eigenvalue weighted by molar-refractivity contribution is 0.0941. The van der Waals surface area contributed by atoms with Crippen molar-refractivity contribution in [3.05, 3.63) is 82.6 Å². The molecule has 0 atom stereocenters. The monoisotopic (exact) mass is 392 g/mol. The first-order chi connectivity index (χ1) is 13.6. The normalized spacial score (nSPS) is 10.8. The van der Waals surface area contributed by atoms with Crippen molar-refractivity contribution in [1.82, 2.24) is 20.1 Å². The van der Waals surface area contributed by atoms with E-state index in [4.69, 9.17) is 0 Å². The molecule has 1 aromatic carbocycles. The lowest BCUT2D eigenvalue weighted by atomic mass is 10.1. The van der Waals surface area contributed by atoms with E-state index in [-0.39, 0.29) is 11.7 Å². The van der Waals surface area contributed by atoms with E-state index < -0.39 is 0 Å². The van der Waals surface area contributed by atoms with Gasteiger partial charge in [-0.3, -0.25) is 14.5 Å². The maximum absolute atomic E-state index is 13.1. The zero-order valence-electron chi connectivity index (χ0n) is 15.1. The van der Waals surface area contributed by atoms with Gasteiger partial charge in [0.05, 0.1) is 11.4 Å². The van der Waals surface area contributed by atoms with E-state index in [1.54, 1.807) is 42.8 Å². The second kappa shape index (κ2) is 7.74.